The van der Waals surface area contributed by atoms with Crippen LogP contribution in [-0.2, 0) is 4.74 Å². The number of aromatic nitrogens is 1. The number of nitrogens with one attached hydrogen (secondary N) is 1. The number of hydrogen-bond acceptors (Lipinski definition) is 4. The van der Waals surface area contributed by atoms with Gasteiger partial charge in [-0.1, -0.05) is 13.8 Å². The Bertz CT molecular complexity index is 414. The molecule has 1 aliphatic rings. The minimum absolute atomic E-state index is 0.177. The van der Waals surface area contributed by atoms with Crippen molar-refractivity contribution in [2.24, 2.45) is 5.41 Å². The zero-order valence-corrected chi connectivity index (χ0v) is 12.6. The van der Waals surface area contributed by atoms with Crippen LogP contribution in [-0.4, -0.2) is 37.8 Å². The van der Waals surface area contributed by atoms with Crippen LogP contribution in [0.25, 0.3) is 0 Å². The van der Waals surface area contributed by atoms with Gasteiger partial charge >= 0.3 is 0 Å². The van der Waals surface area contributed by atoms with Gasteiger partial charge in [0.05, 0.1) is 18.0 Å². The van der Waals surface area contributed by atoms with Gasteiger partial charge in [-0.3, -0.25) is 0 Å². The molecule has 1 aliphatic carbocycles. The van der Waals surface area contributed by atoms with Crippen LogP contribution in [0.2, 0.25) is 0 Å². The summed E-state index contributed by atoms with van der Waals surface area (Å²) >= 11 is 0. The Labute approximate surface area is 116 Å². The van der Waals surface area contributed by atoms with E-state index in [2.05, 4.69) is 37.1 Å². The molecule has 4 nitrogen and oxygen atoms in total. The molecule has 0 aliphatic heterocycles. The molecule has 19 heavy (non-hydrogen) atoms. The average molecular weight is 263 g/mol. The third-order valence-corrected chi connectivity index (χ3v) is 4.09. The highest BCUT2D eigenvalue weighted by Gasteiger charge is 2.48. The van der Waals surface area contributed by atoms with E-state index < -0.39 is 0 Å². The second-order valence-corrected chi connectivity index (χ2v) is 6.00. The minimum atomic E-state index is 0.177. The highest BCUT2D eigenvalue weighted by atomic mass is 16.5. The molecule has 2 rings (SSSR count). The lowest BCUT2D eigenvalue weighted by Gasteiger charge is -2.52. The average Bonchev–Trinajstić information content (AvgIpc) is 2.38. The van der Waals surface area contributed by atoms with E-state index in [4.69, 9.17) is 4.74 Å². The molecule has 2 unspecified atom stereocenters. The normalized spacial score (nSPS) is 24.7. The Morgan fingerprint density at radius 2 is 2.16 bits per heavy atom. The second kappa shape index (κ2) is 5.37. The molecule has 0 bridgehead atoms. The van der Waals surface area contributed by atoms with Gasteiger partial charge in [0.15, 0.2) is 0 Å². The summed E-state index contributed by atoms with van der Waals surface area (Å²) in [7, 11) is 3.99. The zero-order valence-electron chi connectivity index (χ0n) is 12.6. The largest absolute Gasteiger partial charge is 0.380 e. The highest BCUT2D eigenvalue weighted by molar-refractivity contribution is 5.49. The van der Waals surface area contributed by atoms with Crippen molar-refractivity contribution in [1.29, 1.82) is 0 Å². The molecule has 1 saturated carbocycles. The van der Waals surface area contributed by atoms with Crippen LogP contribution in [0.1, 0.15) is 27.2 Å². The summed E-state index contributed by atoms with van der Waals surface area (Å²) in [5, 5.41) is 3.56. The predicted octanol–water partition coefficient (Wildman–Crippen LogP) is 2.76. The number of anilines is 2. The Balaban J connectivity index is 1.95. The molecular weight excluding hydrogens is 238 g/mol. The van der Waals surface area contributed by atoms with Gasteiger partial charge in [0.2, 0.25) is 0 Å². The summed E-state index contributed by atoms with van der Waals surface area (Å²) in [6.45, 7) is 7.37. The van der Waals surface area contributed by atoms with E-state index in [1.165, 1.54) is 0 Å². The van der Waals surface area contributed by atoms with E-state index in [1.807, 2.05) is 31.3 Å². The molecule has 1 N–H and O–H groups in total. The van der Waals surface area contributed by atoms with Gasteiger partial charge in [-0.15, -0.1) is 0 Å². The Morgan fingerprint density at radius 3 is 2.63 bits per heavy atom. The Hall–Kier alpha value is -1.29. The van der Waals surface area contributed by atoms with Gasteiger partial charge in [-0.05, 0) is 25.5 Å². The van der Waals surface area contributed by atoms with E-state index in [0.717, 1.165) is 24.5 Å². The van der Waals surface area contributed by atoms with Crippen molar-refractivity contribution >= 4 is 11.5 Å². The molecule has 4 heteroatoms. The fourth-order valence-electron chi connectivity index (χ4n) is 2.55. The highest BCUT2D eigenvalue weighted by Crippen LogP contribution is 2.44. The first-order valence-corrected chi connectivity index (χ1v) is 6.96. The maximum Gasteiger partial charge on any atom is 0.128 e. The zero-order chi connectivity index (χ0) is 14.0. The number of hydrogen-bond donors (Lipinski definition) is 1. The van der Waals surface area contributed by atoms with Gasteiger partial charge in [-0.25, -0.2) is 4.98 Å². The first-order chi connectivity index (χ1) is 8.95. The van der Waals surface area contributed by atoms with Crippen molar-refractivity contribution in [3.63, 3.8) is 0 Å². The fraction of sp³-hybridized carbons (Fsp3) is 0.667. The fourth-order valence-corrected chi connectivity index (χ4v) is 2.55. The number of pyridine rings is 1. The molecule has 106 valence electrons. The van der Waals surface area contributed by atoms with Crippen LogP contribution in [0, 0.1) is 5.41 Å². The molecule has 0 saturated heterocycles. The second-order valence-electron chi connectivity index (χ2n) is 6.00. The standard InChI is InChI=1S/C15H25N3O/c1-6-19-13-9-12(15(13,2)3)17-11-7-8-14(16-10-11)18(4)5/h7-8,10,12-13,17H,6,9H2,1-5H3. The summed E-state index contributed by atoms with van der Waals surface area (Å²) in [6, 6.07) is 4.58. The summed E-state index contributed by atoms with van der Waals surface area (Å²) in [6.07, 6.45) is 3.33. The Kier molecular flexibility index (Phi) is 3.99. The van der Waals surface area contributed by atoms with Gasteiger partial charge in [0, 0.05) is 32.2 Å². The van der Waals surface area contributed by atoms with Crippen LogP contribution in [0.15, 0.2) is 18.3 Å². The van der Waals surface area contributed by atoms with E-state index in [9.17, 15) is 0 Å². The van der Waals surface area contributed by atoms with Crippen LogP contribution < -0.4 is 10.2 Å². The number of ether oxygens (including phenoxy) is 1. The van der Waals surface area contributed by atoms with Crippen LogP contribution >= 0.6 is 0 Å². The molecule has 1 aromatic heterocycles. The van der Waals surface area contributed by atoms with Gasteiger partial charge in [0.25, 0.3) is 0 Å². The summed E-state index contributed by atoms with van der Waals surface area (Å²) in [5.74, 6) is 0.977. The topological polar surface area (TPSA) is 37.4 Å². The van der Waals surface area contributed by atoms with Gasteiger partial charge < -0.3 is 15.0 Å². The van der Waals surface area contributed by atoms with Gasteiger partial charge in [-0.2, -0.15) is 0 Å². The SMILES string of the molecule is CCOC1CC(Nc2ccc(N(C)C)nc2)C1(C)C. The third kappa shape index (κ3) is 2.84. The van der Waals surface area contributed by atoms with E-state index in [0.29, 0.717) is 12.1 Å². The maximum atomic E-state index is 5.75. The number of nitrogens with zero attached hydrogens (tertiary/aromatic N) is 2. The molecule has 0 aromatic carbocycles. The van der Waals surface area contributed by atoms with Crippen molar-refractivity contribution in [2.45, 2.75) is 39.3 Å². The Morgan fingerprint density at radius 1 is 1.42 bits per heavy atom. The molecule has 1 fully saturated rings. The minimum Gasteiger partial charge on any atom is -0.380 e. The third-order valence-electron chi connectivity index (χ3n) is 4.09. The molecule has 1 aromatic rings. The van der Waals surface area contributed by atoms with Crippen LogP contribution in [0.5, 0.6) is 0 Å². The molecule has 0 radical (unpaired) electrons. The molecule has 0 amide bonds. The first-order valence-electron chi connectivity index (χ1n) is 6.96. The van der Waals surface area contributed by atoms with Crippen molar-refractivity contribution in [3.05, 3.63) is 18.3 Å². The van der Waals surface area contributed by atoms with E-state index >= 15 is 0 Å². The quantitative estimate of drug-likeness (QED) is 0.886. The van der Waals surface area contributed by atoms with Gasteiger partial charge in [0.1, 0.15) is 5.82 Å². The molecule has 2 atom stereocenters. The van der Waals surface area contributed by atoms with Crippen molar-refractivity contribution in [2.75, 3.05) is 30.9 Å². The lowest BCUT2D eigenvalue weighted by Crippen LogP contribution is -2.58. The lowest BCUT2D eigenvalue weighted by molar-refractivity contribution is -0.0976. The summed E-state index contributed by atoms with van der Waals surface area (Å²) in [4.78, 5) is 6.43. The molecular formula is C15H25N3O. The van der Waals surface area contributed by atoms with E-state index in [1.54, 1.807) is 0 Å². The van der Waals surface area contributed by atoms with Crippen molar-refractivity contribution in [3.8, 4) is 0 Å². The molecule has 1 heterocycles. The monoisotopic (exact) mass is 263 g/mol. The predicted molar refractivity (Wildman–Crippen MR) is 79.8 cm³/mol. The first kappa shape index (κ1) is 14.1. The number of rotatable bonds is 5. The van der Waals surface area contributed by atoms with Crippen LogP contribution in [0.3, 0.4) is 0 Å². The smallest absolute Gasteiger partial charge is 0.128 e. The van der Waals surface area contributed by atoms with Crippen LogP contribution in [0.4, 0.5) is 11.5 Å². The molecule has 0 spiro atoms. The lowest BCUT2D eigenvalue weighted by atomic mass is 9.64. The van der Waals surface area contributed by atoms with Crippen molar-refractivity contribution in [1.82, 2.24) is 4.98 Å². The maximum absolute atomic E-state index is 5.75. The summed E-state index contributed by atoms with van der Waals surface area (Å²) in [5.41, 5.74) is 1.26. The summed E-state index contributed by atoms with van der Waals surface area (Å²) < 4.78 is 5.75. The van der Waals surface area contributed by atoms with Crippen molar-refractivity contribution < 1.29 is 4.74 Å². The van der Waals surface area contributed by atoms with E-state index in [-0.39, 0.29) is 5.41 Å².